The highest BCUT2D eigenvalue weighted by molar-refractivity contribution is 6.08. The van der Waals surface area contributed by atoms with E-state index in [1.54, 1.807) is 49.5 Å². The van der Waals surface area contributed by atoms with Crippen LogP contribution < -0.4 is 10.6 Å². The second-order valence-electron chi connectivity index (χ2n) is 8.53. The second kappa shape index (κ2) is 10.0. The molecule has 2 bridgehead atoms. The topological polar surface area (TPSA) is 96.3 Å². The van der Waals surface area contributed by atoms with E-state index >= 15 is 0 Å². The van der Waals surface area contributed by atoms with E-state index in [1.165, 1.54) is 4.90 Å². The number of carbonyl (C=O) groups is 3. The molecule has 34 heavy (non-hydrogen) atoms. The Kier molecular flexibility index (Phi) is 6.90. The largest absolute Gasteiger partial charge is 0.352 e. The van der Waals surface area contributed by atoms with E-state index in [-0.39, 0.29) is 24.4 Å². The molecular weight excluding hydrogens is 437 g/mol. The van der Waals surface area contributed by atoms with Crippen LogP contribution in [0, 0.1) is 0 Å². The molecule has 9 heteroatoms. The van der Waals surface area contributed by atoms with Crippen molar-refractivity contribution < 1.29 is 18.8 Å². The Morgan fingerprint density at radius 1 is 1.15 bits per heavy atom. The fourth-order valence-corrected chi connectivity index (χ4v) is 4.25. The molecule has 3 aromatic rings. The Morgan fingerprint density at radius 3 is 2.65 bits per heavy atom. The van der Waals surface area contributed by atoms with Gasteiger partial charge in [0.2, 0.25) is 5.95 Å². The smallest absolute Gasteiger partial charge is 0.257 e. The van der Waals surface area contributed by atoms with Crippen molar-refractivity contribution in [3.8, 4) is 0 Å². The van der Waals surface area contributed by atoms with Gasteiger partial charge >= 0.3 is 0 Å². The van der Waals surface area contributed by atoms with Gasteiger partial charge in [-0.05, 0) is 56.5 Å². The van der Waals surface area contributed by atoms with Gasteiger partial charge in [-0.25, -0.2) is 9.37 Å². The van der Waals surface area contributed by atoms with Gasteiger partial charge in [0.15, 0.2) is 0 Å². The summed E-state index contributed by atoms with van der Waals surface area (Å²) in [6.07, 6.45) is 2.36. The van der Waals surface area contributed by atoms with Crippen molar-refractivity contribution >= 4 is 34.7 Å². The van der Waals surface area contributed by atoms with E-state index in [4.69, 9.17) is 0 Å². The zero-order chi connectivity index (χ0) is 24.2. The van der Waals surface area contributed by atoms with E-state index < -0.39 is 12.6 Å². The van der Waals surface area contributed by atoms with E-state index in [9.17, 15) is 18.8 Å². The number of rotatable bonds is 3. The van der Waals surface area contributed by atoms with Crippen LogP contribution in [-0.2, 0) is 0 Å². The van der Waals surface area contributed by atoms with Crippen LogP contribution in [-0.4, -0.2) is 59.0 Å². The quantitative estimate of drug-likeness (QED) is 0.615. The number of imidazole rings is 1. The second-order valence-corrected chi connectivity index (χ2v) is 8.53. The number of fused-ring (bicyclic) bond motifs is 5. The monoisotopic (exact) mass is 465 g/mol. The molecule has 2 N–H and O–H groups in total. The van der Waals surface area contributed by atoms with Crippen LogP contribution in [0.5, 0.6) is 0 Å². The molecule has 0 unspecified atom stereocenters. The first-order valence-corrected chi connectivity index (χ1v) is 11.4. The number of anilines is 1. The third-order valence-corrected chi connectivity index (χ3v) is 6.09. The Labute approximate surface area is 197 Å². The van der Waals surface area contributed by atoms with Gasteiger partial charge in [-0.1, -0.05) is 12.1 Å². The molecule has 0 saturated carbocycles. The average molecular weight is 466 g/mol. The fourth-order valence-electron chi connectivity index (χ4n) is 4.25. The molecule has 1 atom stereocenters. The molecule has 2 aromatic carbocycles. The number of para-hydroxylation sites is 1. The normalized spacial score (nSPS) is 16.9. The minimum atomic E-state index is -0.634. The first-order valence-electron chi connectivity index (χ1n) is 11.4. The summed E-state index contributed by atoms with van der Waals surface area (Å²) >= 11 is 0. The summed E-state index contributed by atoms with van der Waals surface area (Å²) in [5, 5.41) is 5.77. The van der Waals surface area contributed by atoms with Crippen molar-refractivity contribution in [2.75, 3.05) is 32.1 Å². The summed E-state index contributed by atoms with van der Waals surface area (Å²) in [7, 11) is 1.56. The lowest BCUT2D eigenvalue weighted by Crippen LogP contribution is -2.29. The van der Waals surface area contributed by atoms with Crippen molar-refractivity contribution in [2.45, 2.75) is 32.2 Å². The molecule has 1 aliphatic heterocycles. The van der Waals surface area contributed by atoms with Gasteiger partial charge in [0, 0.05) is 37.3 Å². The number of benzene rings is 2. The number of amides is 3. The van der Waals surface area contributed by atoms with Crippen molar-refractivity contribution in [2.24, 2.45) is 0 Å². The first-order chi connectivity index (χ1) is 16.4. The van der Waals surface area contributed by atoms with Crippen LogP contribution in [0.3, 0.4) is 0 Å². The summed E-state index contributed by atoms with van der Waals surface area (Å²) in [6.45, 7) is 1.89. The lowest BCUT2D eigenvalue weighted by Gasteiger charge is -2.21. The maximum Gasteiger partial charge on any atom is 0.257 e. The maximum absolute atomic E-state index is 13.1. The number of alkyl halides is 1. The minimum absolute atomic E-state index is 0.00936. The van der Waals surface area contributed by atoms with Gasteiger partial charge in [-0.15, -0.1) is 0 Å². The number of aromatic nitrogens is 2. The number of nitrogens with one attached hydrogen (secondary N) is 2. The van der Waals surface area contributed by atoms with Gasteiger partial charge in [0.1, 0.15) is 6.67 Å². The van der Waals surface area contributed by atoms with Gasteiger partial charge in [-0.3, -0.25) is 19.7 Å². The summed E-state index contributed by atoms with van der Waals surface area (Å²) < 4.78 is 14.8. The molecule has 3 amide bonds. The third-order valence-electron chi connectivity index (χ3n) is 6.09. The fraction of sp³-hybridized carbons (Fsp3) is 0.360. The van der Waals surface area contributed by atoms with Crippen LogP contribution in [0.25, 0.3) is 11.0 Å². The Morgan fingerprint density at radius 2 is 1.88 bits per heavy atom. The summed E-state index contributed by atoms with van der Waals surface area (Å²) in [5.41, 5.74) is 2.32. The zero-order valence-corrected chi connectivity index (χ0v) is 19.3. The highest BCUT2D eigenvalue weighted by Gasteiger charge is 2.24. The van der Waals surface area contributed by atoms with E-state index in [2.05, 4.69) is 15.6 Å². The van der Waals surface area contributed by atoms with Crippen molar-refractivity contribution in [1.82, 2.24) is 19.8 Å². The number of halogens is 1. The molecule has 2 heterocycles. The Hall–Kier alpha value is -3.75. The van der Waals surface area contributed by atoms with Crippen LogP contribution in [0.4, 0.5) is 10.3 Å². The molecule has 0 saturated heterocycles. The average Bonchev–Trinajstić information content (AvgIpc) is 3.20. The maximum atomic E-state index is 13.1. The van der Waals surface area contributed by atoms with Gasteiger partial charge in [-0.2, -0.15) is 0 Å². The molecule has 1 aromatic heterocycles. The first kappa shape index (κ1) is 23.4. The van der Waals surface area contributed by atoms with Gasteiger partial charge in [0.05, 0.1) is 16.6 Å². The standard InChI is InChI=1S/C25H28FN5O3/c1-16-7-3-4-13-27-22(32)17-8-5-9-18(15-17)23(33)29-25-28-20-11-6-10-19(21(20)31(16)25)24(34)30(2)14-12-26/h5-6,8-11,15-16H,3-4,7,12-14H2,1-2H3,(H,27,32)(H,28,29,33)/t16-/m1/s1. The number of hydrogen-bond donors (Lipinski definition) is 2. The van der Waals surface area contributed by atoms with E-state index in [0.717, 1.165) is 19.3 Å². The third kappa shape index (κ3) is 4.64. The molecule has 0 fully saturated rings. The molecule has 0 aliphatic carbocycles. The number of carbonyl (C=O) groups excluding carboxylic acids is 3. The van der Waals surface area contributed by atoms with E-state index in [1.807, 2.05) is 11.5 Å². The Bertz CT molecular complexity index is 1240. The lowest BCUT2D eigenvalue weighted by atomic mass is 10.1. The number of hydrogen-bond acceptors (Lipinski definition) is 4. The lowest BCUT2D eigenvalue weighted by molar-refractivity contribution is 0.0787. The molecule has 4 rings (SSSR count). The SMILES string of the molecule is C[C@@H]1CCCCNC(=O)c2cccc(c2)C(=O)Nc2nc3cccc(C(=O)N(C)CCF)c3n21. The van der Waals surface area contributed by atoms with Crippen LogP contribution in [0.15, 0.2) is 42.5 Å². The molecule has 178 valence electrons. The van der Waals surface area contributed by atoms with E-state index in [0.29, 0.717) is 40.2 Å². The molecular formula is C25H28FN5O3. The number of nitrogens with zero attached hydrogens (tertiary/aromatic N) is 3. The minimum Gasteiger partial charge on any atom is -0.352 e. The molecule has 0 radical (unpaired) electrons. The highest BCUT2D eigenvalue weighted by Crippen LogP contribution is 2.31. The predicted molar refractivity (Wildman–Crippen MR) is 128 cm³/mol. The van der Waals surface area contributed by atoms with Gasteiger partial charge in [0.25, 0.3) is 17.7 Å². The molecule has 1 aliphatic rings. The summed E-state index contributed by atoms with van der Waals surface area (Å²) in [4.78, 5) is 44.6. The van der Waals surface area contributed by atoms with Crippen molar-refractivity contribution in [3.63, 3.8) is 0 Å². The molecule has 0 spiro atoms. The summed E-state index contributed by atoms with van der Waals surface area (Å²) in [6, 6.07) is 11.6. The summed E-state index contributed by atoms with van der Waals surface area (Å²) in [5.74, 6) is -0.599. The predicted octanol–water partition coefficient (Wildman–Crippen LogP) is 3.80. The van der Waals surface area contributed by atoms with Crippen molar-refractivity contribution in [3.05, 3.63) is 59.2 Å². The highest BCUT2D eigenvalue weighted by atomic mass is 19.1. The van der Waals surface area contributed by atoms with Crippen molar-refractivity contribution in [1.29, 1.82) is 0 Å². The Balaban J connectivity index is 1.83. The van der Waals surface area contributed by atoms with Gasteiger partial charge < -0.3 is 14.8 Å². The van der Waals surface area contributed by atoms with Crippen LogP contribution >= 0.6 is 0 Å². The van der Waals surface area contributed by atoms with Crippen LogP contribution in [0.2, 0.25) is 0 Å². The van der Waals surface area contributed by atoms with Crippen LogP contribution in [0.1, 0.15) is 63.3 Å². The zero-order valence-electron chi connectivity index (χ0n) is 19.3. The molecule has 8 nitrogen and oxygen atoms in total.